The van der Waals surface area contributed by atoms with Crippen molar-refractivity contribution in [1.29, 1.82) is 0 Å². The monoisotopic (exact) mass is 366 g/mol. The number of para-hydroxylation sites is 1. The molecule has 27 heavy (non-hydrogen) atoms. The quantitative estimate of drug-likeness (QED) is 0.608. The molecule has 0 unspecified atom stereocenters. The maximum Gasteiger partial charge on any atom is 0.339 e. The van der Waals surface area contributed by atoms with Crippen molar-refractivity contribution in [2.24, 2.45) is 5.41 Å². The average Bonchev–Trinajstić information content (AvgIpc) is 3.49. The Morgan fingerprint density at radius 2 is 1.67 bits per heavy atom. The molecule has 1 aliphatic carbocycles. The fourth-order valence-electron chi connectivity index (χ4n) is 2.86. The number of ether oxygens (including phenoxy) is 1. The van der Waals surface area contributed by atoms with E-state index in [0.717, 1.165) is 11.1 Å². The van der Waals surface area contributed by atoms with Gasteiger partial charge in [0.1, 0.15) is 5.41 Å². The summed E-state index contributed by atoms with van der Waals surface area (Å²) in [6, 6.07) is 14.4. The number of carbonyl (C=O) groups is 3. The minimum atomic E-state index is -1.08. The third-order valence-electron chi connectivity index (χ3n) is 4.77. The van der Waals surface area contributed by atoms with Crippen LogP contribution in [0.2, 0.25) is 0 Å². The Balaban J connectivity index is 1.67. The van der Waals surface area contributed by atoms with Crippen molar-refractivity contribution in [2.45, 2.75) is 26.3 Å². The molecule has 6 heteroatoms. The Morgan fingerprint density at radius 1 is 1.00 bits per heavy atom. The summed E-state index contributed by atoms with van der Waals surface area (Å²) >= 11 is 0. The molecular weight excluding hydrogens is 344 g/mol. The molecule has 3 rings (SSSR count). The summed E-state index contributed by atoms with van der Waals surface area (Å²) in [5.41, 5.74) is 1.64. The number of benzene rings is 2. The molecule has 1 aliphatic rings. The first-order valence-corrected chi connectivity index (χ1v) is 8.79. The van der Waals surface area contributed by atoms with Crippen LogP contribution in [-0.2, 0) is 20.9 Å². The second kappa shape index (κ2) is 7.61. The van der Waals surface area contributed by atoms with Gasteiger partial charge in [0.05, 0.1) is 18.4 Å². The highest BCUT2D eigenvalue weighted by molar-refractivity contribution is 6.14. The van der Waals surface area contributed by atoms with Gasteiger partial charge in [-0.15, -0.1) is 0 Å². The van der Waals surface area contributed by atoms with Gasteiger partial charge < -0.3 is 15.4 Å². The van der Waals surface area contributed by atoms with Gasteiger partial charge in [-0.05, 0) is 37.5 Å². The topological polar surface area (TPSA) is 84.5 Å². The summed E-state index contributed by atoms with van der Waals surface area (Å²) in [6.07, 6.45) is 0.970. The number of aryl methyl sites for hydroxylation is 1. The normalized spacial score (nSPS) is 14.1. The molecule has 2 N–H and O–H groups in total. The van der Waals surface area contributed by atoms with Crippen LogP contribution in [0.25, 0.3) is 0 Å². The summed E-state index contributed by atoms with van der Waals surface area (Å²) < 4.78 is 4.73. The third kappa shape index (κ3) is 4.00. The Morgan fingerprint density at radius 3 is 2.30 bits per heavy atom. The van der Waals surface area contributed by atoms with Gasteiger partial charge in [-0.1, -0.05) is 42.0 Å². The molecule has 140 valence electrons. The van der Waals surface area contributed by atoms with Gasteiger partial charge in [0, 0.05) is 6.54 Å². The lowest BCUT2D eigenvalue weighted by Gasteiger charge is -2.17. The van der Waals surface area contributed by atoms with E-state index in [4.69, 9.17) is 4.74 Å². The molecule has 1 saturated carbocycles. The summed E-state index contributed by atoms with van der Waals surface area (Å²) in [5.74, 6) is -1.24. The lowest BCUT2D eigenvalue weighted by molar-refractivity contribution is -0.134. The number of amides is 2. The lowest BCUT2D eigenvalue weighted by atomic mass is 10.0. The summed E-state index contributed by atoms with van der Waals surface area (Å²) in [6.45, 7) is 2.37. The minimum Gasteiger partial charge on any atom is -0.465 e. The Hall–Kier alpha value is -3.15. The van der Waals surface area contributed by atoms with Crippen LogP contribution in [0.4, 0.5) is 5.69 Å². The third-order valence-corrected chi connectivity index (χ3v) is 4.77. The van der Waals surface area contributed by atoms with E-state index in [1.165, 1.54) is 7.11 Å². The highest BCUT2D eigenvalue weighted by Gasteiger charge is 2.56. The number of hydrogen-bond acceptors (Lipinski definition) is 4. The Bertz CT molecular complexity index is 870. The van der Waals surface area contributed by atoms with Gasteiger partial charge in [-0.25, -0.2) is 4.79 Å². The number of nitrogens with one attached hydrogen (secondary N) is 2. The Labute approximate surface area is 157 Å². The fourth-order valence-corrected chi connectivity index (χ4v) is 2.86. The van der Waals surface area contributed by atoms with Gasteiger partial charge in [0.15, 0.2) is 0 Å². The number of anilines is 1. The van der Waals surface area contributed by atoms with Crippen molar-refractivity contribution in [3.05, 3.63) is 65.2 Å². The average molecular weight is 366 g/mol. The van der Waals surface area contributed by atoms with E-state index >= 15 is 0 Å². The lowest BCUT2D eigenvalue weighted by Crippen LogP contribution is -2.39. The van der Waals surface area contributed by atoms with Crippen LogP contribution in [0.15, 0.2) is 48.5 Å². The molecule has 2 aromatic rings. The second-order valence-corrected chi connectivity index (χ2v) is 6.74. The molecule has 0 atom stereocenters. The van der Waals surface area contributed by atoms with Crippen molar-refractivity contribution >= 4 is 23.5 Å². The molecule has 0 aliphatic heterocycles. The SMILES string of the molecule is COC(=O)c1ccccc1NC(=O)C1(C(=O)NCc2ccc(C)cc2)CC1. The number of esters is 1. The summed E-state index contributed by atoms with van der Waals surface area (Å²) in [7, 11) is 1.28. The van der Waals surface area contributed by atoms with Crippen LogP contribution in [0.3, 0.4) is 0 Å². The minimum absolute atomic E-state index is 0.254. The number of rotatable bonds is 6. The molecule has 2 aromatic carbocycles. The highest BCUT2D eigenvalue weighted by atomic mass is 16.5. The van der Waals surface area contributed by atoms with E-state index in [-0.39, 0.29) is 11.5 Å². The molecule has 2 amide bonds. The predicted octanol–water partition coefficient (Wildman–Crippen LogP) is 2.82. The smallest absolute Gasteiger partial charge is 0.339 e. The zero-order chi connectivity index (χ0) is 19.4. The van der Waals surface area contributed by atoms with Crippen molar-refractivity contribution in [1.82, 2.24) is 5.32 Å². The van der Waals surface area contributed by atoms with Crippen molar-refractivity contribution in [3.63, 3.8) is 0 Å². The van der Waals surface area contributed by atoms with Crippen molar-refractivity contribution < 1.29 is 19.1 Å². The zero-order valence-corrected chi connectivity index (χ0v) is 15.4. The molecule has 0 heterocycles. The second-order valence-electron chi connectivity index (χ2n) is 6.74. The molecule has 0 saturated heterocycles. The first-order valence-electron chi connectivity index (χ1n) is 8.79. The molecule has 0 spiro atoms. The maximum atomic E-state index is 12.7. The van der Waals surface area contributed by atoms with E-state index in [1.54, 1.807) is 24.3 Å². The highest BCUT2D eigenvalue weighted by Crippen LogP contribution is 2.47. The zero-order valence-electron chi connectivity index (χ0n) is 15.4. The molecule has 0 radical (unpaired) electrons. The van der Waals surface area contributed by atoms with Gasteiger partial charge >= 0.3 is 5.97 Å². The number of carbonyl (C=O) groups excluding carboxylic acids is 3. The molecule has 0 bridgehead atoms. The molecule has 1 fully saturated rings. The summed E-state index contributed by atoms with van der Waals surface area (Å²) in [5, 5.41) is 5.56. The van der Waals surface area contributed by atoms with Gasteiger partial charge in [0.25, 0.3) is 0 Å². The van der Waals surface area contributed by atoms with E-state index in [1.807, 2.05) is 31.2 Å². The van der Waals surface area contributed by atoms with E-state index in [0.29, 0.717) is 25.1 Å². The predicted molar refractivity (Wildman–Crippen MR) is 101 cm³/mol. The van der Waals surface area contributed by atoms with Gasteiger partial charge in [-0.2, -0.15) is 0 Å². The van der Waals surface area contributed by atoms with E-state index in [9.17, 15) is 14.4 Å². The largest absolute Gasteiger partial charge is 0.465 e. The van der Waals surface area contributed by atoms with Crippen LogP contribution < -0.4 is 10.6 Å². The van der Waals surface area contributed by atoms with Crippen LogP contribution in [0, 0.1) is 12.3 Å². The number of methoxy groups -OCH3 is 1. The van der Waals surface area contributed by atoms with Crippen LogP contribution >= 0.6 is 0 Å². The standard InChI is InChI=1S/C21H22N2O4/c1-14-7-9-15(10-8-14)13-22-19(25)21(11-12-21)20(26)23-17-6-4-3-5-16(17)18(24)27-2/h3-10H,11-13H2,1-2H3,(H,22,25)(H,23,26). The summed E-state index contributed by atoms with van der Waals surface area (Å²) in [4.78, 5) is 37.2. The first-order chi connectivity index (χ1) is 13.0. The van der Waals surface area contributed by atoms with Gasteiger partial charge in [0.2, 0.25) is 11.8 Å². The molecule has 0 aromatic heterocycles. The van der Waals surface area contributed by atoms with E-state index in [2.05, 4.69) is 10.6 Å². The fraction of sp³-hybridized carbons (Fsp3) is 0.286. The van der Waals surface area contributed by atoms with Crippen molar-refractivity contribution in [3.8, 4) is 0 Å². The van der Waals surface area contributed by atoms with Gasteiger partial charge in [-0.3, -0.25) is 9.59 Å². The van der Waals surface area contributed by atoms with Crippen LogP contribution in [-0.4, -0.2) is 24.9 Å². The van der Waals surface area contributed by atoms with Crippen LogP contribution in [0.1, 0.15) is 34.3 Å². The maximum absolute atomic E-state index is 12.7. The van der Waals surface area contributed by atoms with Crippen LogP contribution in [0.5, 0.6) is 0 Å². The van der Waals surface area contributed by atoms with E-state index < -0.39 is 17.3 Å². The molecular formula is C21H22N2O4. The van der Waals surface area contributed by atoms with Crippen molar-refractivity contribution in [2.75, 3.05) is 12.4 Å². The Kier molecular flexibility index (Phi) is 5.26. The molecule has 6 nitrogen and oxygen atoms in total. The first kappa shape index (κ1) is 18.6. The number of hydrogen-bond donors (Lipinski definition) is 2.